The first-order chi connectivity index (χ1) is 9.22. The predicted molar refractivity (Wildman–Crippen MR) is 73.4 cm³/mol. The quantitative estimate of drug-likeness (QED) is 0.738. The average molecular weight is 275 g/mol. The molecule has 0 bridgehead atoms. The Morgan fingerprint density at radius 2 is 2.21 bits per heavy atom. The molecule has 0 N–H and O–H groups in total. The van der Waals surface area contributed by atoms with Crippen molar-refractivity contribution in [3.63, 3.8) is 0 Å². The summed E-state index contributed by atoms with van der Waals surface area (Å²) in [5, 5.41) is 5.35. The minimum Gasteiger partial charge on any atom is -0.464 e. The zero-order valence-corrected chi connectivity index (χ0v) is 10.8. The van der Waals surface area contributed by atoms with Crippen LogP contribution in [0.5, 0.6) is 0 Å². The number of nitrogens with zero attached hydrogens (tertiary/aromatic N) is 2. The van der Waals surface area contributed by atoms with Crippen molar-refractivity contribution in [2.75, 3.05) is 0 Å². The number of aromatic nitrogens is 2. The topological polar surface area (TPSA) is 48.0 Å². The molecule has 2 heterocycles. The molecule has 19 heavy (non-hydrogen) atoms. The largest absolute Gasteiger partial charge is 0.464 e. The van der Waals surface area contributed by atoms with Gasteiger partial charge in [-0.25, -0.2) is 0 Å². The summed E-state index contributed by atoms with van der Waals surface area (Å²) in [7, 11) is 0. The first kappa shape index (κ1) is 12.0. The summed E-state index contributed by atoms with van der Waals surface area (Å²) in [5.74, 6) is 0. The molecule has 0 saturated carbocycles. The number of hydrogen-bond acceptors (Lipinski definition) is 3. The third-order valence-corrected chi connectivity index (χ3v) is 3.15. The number of hydrogen-bond donors (Lipinski definition) is 0. The fraction of sp³-hybridized carbons (Fsp3) is 0.143. The highest BCUT2D eigenvalue weighted by Gasteiger charge is 2.02. The monoisotopic (exact) mass is 274 g/mol. The summed E-state index contributed by atoms with van der Waals surface area (Å²) in [6.07, 6.45) is 5.61. The molecule has 0 saturated heterocycles. The van der Waals surface area contributed by atoms with Gasteiger partial charge in [0, 0.05) is 18.8 Å². The smallest absolute Gasteiger partial charge is 0.192 e. The van der Waals surface area contributed by atoms with Crippen molar-refractivity contribution in [1.82, 2.24) is 9.78 Å². The maximum absolute atomic E-state index is 11.6. The second-order valence-corrected chi connectivity index (χ2v) is 4.72. The van der Waals surface area contributed by atoms with Gasteiger partial charge in [0.15, 0.2) is 5.43 Å². The highest BCUT2D eigenvalue weighted by molar-refractivity contribution is 6.30. The lowest BCUT2D eigenvalue weighted by Crippen LogP contribution is -2.02. The predicted octanol–water partition coefficient (Wildman–Crippen LogP) is 2.89. The van der Waals surface area contributed by atoms with Gasteiger partial charge in [0.25, 0.3) is 0 Å². The standard InChI is InChI=1S/C14H11ClN2O2/c15-11-8-16-17(9-11)5-3-10-1-2-12-13(18)4-6-19-14(12)7-10/h1-2,4,6-9H,3,5H2. The zero-order valence-electron chi connectivity index (χ0n) is 10.0. The molecule has 96 valence electrons. The van der Waals surface area contributed by atoms with Crippen molar-refractivity contribution in [2.24, 2.45) is 0 Å². The maximum Gasteiger partial charge on any atom is 0.192 e. The van der Waals surface area contributed by atoms with E-state index >= 15 is 0 Å². The van der Waals surface area contributed by atoms with E-state index in [1.54, 1.807) is 23.1 Å². The van der Waals surface area contributed by atoms with E-state index in [1.807, 2.05) is 12.1 Å². The van der Waals surface area contributed by atoms with Crippen molar-refractivity contribution in [2.45, 2.75) is 13.0 Å². The Morgan fingerprint density at radius 1 is 1.32 bits per heavy atom. The molecule has 0 unspecified atom stereocenters. The summed E-state index contributed by atoms with van der Waals surface area (Å²) in [6.45, 7) is 0.731. The van der Waals surface area contributed by atoms with Gasteiger partial charge in [-0.15, -0.1) is 0 Å². The lowest BCUT2D eigenvalue weighted by molar-refractivity contribution is 0.597. The molecule has 4 nitrogen and oxygen atoms in total. The molecule has 0 aliphatic rings. The van der Waals surface area contributed by atoms with Gasteiger partial charge >= 0.3 is 0 Å². The van der Waals surface area contributed by atoms with Crippen LogP contribution >= 0.6 is 11.6 Å². The van der Waals surface area contributed by atoms with Crippen LogP contribution in [-0.2, 0) is 13.0 Å². The summed E-state index contributed by atoms with van der Waals surface area (Å²) in [6, 6.07) is 7.05. The maximum atomic E-state index is 11.6. The van der Waals surface area contributed by atoms with Crippen LogP contribution in [0.25, 0.3) is 11.0 Å². The summed E-state index contributed by atoms with van der Waals surface area (Å²) in [4.78, 5) is 11.6. The highest BCUT2D eigenvalue weighted by Crippen LogP contribution is 2.13. The van der Waals surface area contributed by atoms with Crippen LogP contribution in [0.15, 0.2) is 52.1 Å². The number of halogens is 1. The first-order valence-corrected chi connectivity index (χ1v) is 6.28. The average Bonchev–Trinajstić information content (AvgIpc) is 2.82. The van der Waals surface area contributed by atoms with Gasteiger partial charge < -0.3 is 4.42 Å². The third kappa shape index (κ3) is 2.53. The van der Waals surface area contributed by atoms with Crippen LogP contribution in [0, 0.1) is 0 Å². The van der Waals surface area contributed by atoms with Crippen molar-refractivity contribution in [3.05, 3.63) is 63.7 Å². The first-order valence-electron chi connectivity index (χ1n) is 5.91. The molecule has 1 aromatic carbocycles. The highest BCUT2D eigenvalue weighted by atomic mass is 35.5. The summed E-state index contributed by atoms with van der Waals surface area (Å²) >= 11 is 5.80. The minimum atomic E-state index is -0.0216. The second-order valence-electron chi connectivity index (χ2n) is 4.29. The van der Waals surface area contributed by atoms with Crippen LogP contribution in [0.3, 0.4) is 0 Å². The van der Waals surface area contributed by atoms with Gasteiger partial charge in [-0.1, -0.05) is 17.7 Å². The van der Waals surface area contributed by atoms with Crippen molar-refractivity contribution < 1.29 is 4.42 Å². The lowest BCUT2D eigenvalue weighted by Gasteiger charge is -2.03. The van der Waals surface area contributed by atoms with Crippen LogP contribution < -0.4 is 5.43 Å². The Morgan fingerprint density at radius 3 is 3.00 bits per heavy atom. The number of benzene rings is 1. The van der Waals surface area contributed by atoms with Crippen LogP contribution in [-0.4, -0.2) is 9.78 Å². The molecular weight excluding hydrogens is 264 g/mol. The van der Waals surface area contributed by atoms with Crippen molar-refractivity contribution in [1.29, 1.82) is 0 Å². The molecule has 5 heteroatoms. The molecular formula is C14H11ClN2O2. The van der Waals surface area contributed by atoms with Gasteiger partial charge in [-0.05, 0) is 24.1 Å². The number of aryl methyl sites for hydroxylation is 2. The molecule has 0 spiro atoms. The van der Waals surface area contributed by atoms with E-state index in [9.17, 15) is 4.79 Å². The SMILES string of the molecule is O=c1ccoc2cc(CCn3cc(Cl)cn3)ccc12. The Labute approximate surface area is 114 Å². The van der Waals surface area contributed by atoms with Gasteiger partial charge in [0.2, 0.25) is 0 Å². The van der Waals surface area contributed by atoms with E-state index in [2.05, 4.69) is 5.10 Å². The van der Waals surface area contributed by atoms with E-state index < -0.39 is 0 Å². The van der Waals surface area contributed by atoms with Crippen LogP contribution in [0.2, 0.25) is 5.02 Å². The van der Waals surface area contributed by atoms with E-state index in [0.717, 1.165) is 18.5 Å². The van der Waals surface area contributed by atoms with E-state index in [-0.39, 0.29) is 5.43 Å². The minimum absolute atomic E-state index is 0.0216. The Balaban J connectivity index is 1.84. The Kier molecular flexibility index (Phi) is 3.09. The fourth-order valence-corrected chi connectivity index (χ4v) is 2.14. The number of fused-ring (bicyclic) bond motifs is 1. The Hall–Kier alpha value is -2.07. The molecule has 2 aromatic heterocycles. The molecule has 0 amide bonds. The fourth-order valence-electron chi connectivity index (χ4n) is 1.99. The summed E-state index contributed by atoms with van der Waals surface area (Å²) in [5.41, 5.74) is 1.68. The molecule has 0 fully saturated rings. The van der Waals surface area contributed by atoms with E-state index in [1.165, 1.54) is 12.3 Å². The van der Waals surface area contributed by atoms with Crippen LogP contribution in [0.1, 0.15) is 5.56 Å². The third-order valence-electron chi connectivity index (χ3n) is 2.96. The normalized spacial score (nSPS) is 11.0. The molecule has 0 aliphatic carbocycles. The second kappa shape index (κ2) is 4.90. The van der Waals surface area contributed by atoms with Crippen molar-refractivity contribution in [3.8, 4) is 0 Å². The van der Waals surface area contributed by atoms with E-state index in [4.69, 9.17) is 16.0 Å². The molecule has 3 aromatic rings. The van der Waals surface area contributed by atoms with Gasteiger partial charge in [0.1, 0.15) is 5.58 Å². The molecule has 3 rings (SSSR count). The van der Waals surface area contributed by atoms with Crippen molar-refractivity contribution >= 4 is 22.6 Å². The molecule has 0 radical (unpaired) electrons. The Bertz CT molecular complexity index is 776. The molecule has 0 aliphatic heterocycles. The van der Waals surface area contributed by atoms with Gasteiger partial charge in [0.05, 0.1) is 22.9 Å². The zero-order chi connectivity index (χ0) is 13.2. The van der Waals surface area contributed by atoms with Gasteiger partial charge in [-0.2, -0.15) is 5.10 Å². The number of rotatable bonds is 3. The van der Waals surface area contributed by atoms with Gasteiger partial charge in [-0.3, -0.25) is 9.48 Å². The van der Waals surface area contributed by atoms with Crippen LogP contribution in [0.4, 0.5) is 0 Å². The van der Waals surface area contributed by atoms with E-state index in [0.29, 0.717) is 16.0 Å². The molecule has 0 atom stereocenters. The summed E-state index contributed by atoms with van der Waals surface area (Å²) < 4.78 is 7.13. The lowest BCUT2D eigenvalue weighted by atomic mass is 10.1.